The zero-order chi connectivity index (χ0) is 14.4. The molecule has 1 aromatic rings. The highest BCUT2D eigenvalue weighted by Crippen LogP contribution is 2.30. The summed E-state index contributed by atoms with van der Waals surface area (Å²) in [7, 11) is 0. The van der Waals surface area contributed by atoms with E-state index in [-0.39, 0.29) is 11.9 Å². The molecule has 1 aromatic carbocycles. The van der Waals surface area contributed by atoms with Gasteiger partial charge in [-0.25, -0.2) is 4.39 Å². The molecule has 0 aliphatic carbocycles. The minimum atomic E-state index is -0.0807. The Balaban J connectivity index is 2.24. The number of nitrogens with one attached hydrogen (secondary N) is 1. The minimum absolute atomic E-state index is 0.0643. The number of hydrogen-bond acceptors (Lipinski definition) is 2. The summed E-state index contributed by atoms with van der Waals surface area (Å²) in [6, 6.07) is 5.56. The lowest BCUT2D eigenvalue weighted by molar-refractivity contribution is 0.526. The van der Waals surface area contributed by atoms with Crippen molar-refractivity contribution in [3.8, 4) is 0 Å². The molecule has 0 amide bonds. The van der Waals surface area contributed by atoms with Crippen molar-refractivity contribution in [2.75, 3.05) is 24.5 Å². The Bertz CT molecular complexity index is 411. The van der Waals surface area contributed by atoms with Gasteiger partial charge in [-0.3, -0.25) is 0 Å². The molecule has 1 atom stereocenters. The van der Waals surface area contributed by atoms with Crippen LogP contribution in [0.5, 0.6) is 0 Å². The fourth-order valence-corrected chi connectivity index (χ4v) is 3.00. The maximum atomic E-state index is 14.3. The van der Waals surface area contributed by atoms with Crippen LogP contribution in [0.25, 0.3) is 0 Å². The number of benzene rings is 1. The van der Waals surface area contributed by atoms with Crippen LogP contribution in [0.4, 0.5) is 10.1 Å². The summed E-state index contributed by atoms with van der Waals surface area (Å²) in [6.07, 6.45) is 6.09. The molecule has 1 aliphatic heterocycles. The van der Waals surface area contributed by atoms with E-state index < -0.39 is 0 Å². The fourth-order valence-electron chi connectivity index (χ4n) is 3.00. The van der Waals surface area contributed by atoms with Gasteiger partial charge >= 0.3 is 0 Å². The molecular formula is C17H27FN2. The van der Waals surface area contributed by atoms with Gasteiger partial charge in [-0.15, -0.1) is 0 Å². The molecule has 1 heterocycles. The summed E-state index contributed by atoms with van der Waals surface area (Å²) in [6.45, 7) is 7.23. The van der Waals surface area contributed by atoms with Crippen molar-refractivity contribution in [3.05, 3.63) is 29.6 Å². The maximum absolute atomic E-state index is 14.3. The predicted molar refractivity (Wildman–Crippen MR) is 83.8 cm³/mol. The highest BCUT2D eigenvalue weighted by molar-refractivity contribution is 5.55. The average molecular weight is 278 g/mol. The highest BCUT2D eigenvalue weighted by Gasteiger charge is 2.20. The van der Waals surface area contributed by atoms with Gasteiger partial charge in [0.1, 0.15) is 5.82 Å². The van der Waals surface area contributed by atoms with Crippen molar-refractivity contribution < 1.29 is 4.39 Å². The molecule has 20 heavy (non-hydrogen) atoms. The maximum Gasteiger partial charge on any atom is 0.130 e. The normalized spacial score (nSPS) is 17.9. The van der Waals surface area contributed by atoms with Crippen LogP contribution in [0.15, 0.2) is 18.2 Å². The Labute approximate surface area is 122 Å². The van der Waals surface area contributed by atoms with Gasteiger partial charge in [0.15, 0.2) is 0 Å². The van der Waals surface area contributed by atoms with Crippen LogP contribution in [0.2, 0.25) is 0 Å². The third-order valence-corrected chi connectivity index (χ3v) is 4.11. The van der Waals surface area contributed by atoms with E-state index in [9.17, 15) is 4.39 Å². The van der Waals surface area contributed by atoms with E-state index >= 15 is 0 Å². The number of hydrogen-bond donors (Lipinski definition) is 1. The zero-order valence-corrected chi connectivity index (χ0v) is 12.8. The van der Waals surface area contributed by atoms with Gasteiger partial charge in [0.25, 0.3) is 0 Å². The topological polar surface area (TPSA) is 15.3 Å². The Kier molecular flexibility index (Phi) is 5.84. The lowest BCUT2D eigenvalue weighted by atomic mass is 10.0. The second kappa shape index (κ2) is 7.63. The van der Waals surface area contributed by atoms with Crippen LogP contribution in [-0.2, 0) is 0 Å². The Hall–Kier alpha value is -1.09. The second-order valence-corrected chi connectivity index (χ2v) is 5.75. The molecule has 112 valence electrons. The van der Waals surface area contributed by atoms with E-state index in [0.29, 0.717) is 0 Å². The molecule has 2 nitrogen and oxygen atoms in total. The van der Waals surface area contributed by atoms with Crippen LogP contribution >= 0.6 is 0 Å². The van der Waals surface area contributed by atoms with Gasteiger partial charge in [0.05, 0.1) is 0 Å². The SMILES string of the molecule is CCCNC(C)c1c(F)cccc1N1CCCCCC1. The van der Waals surface area contributed by atoms with Crippen LogP contribution in [0.3, 0.4) is 0 Å². The van der Waals surface area contributed by atoms with Gasteiger partial charge in [0, 0.05) is 30.4 Å². The summed E-state index contributed by atoms with van der Waals surface area (Å²) in [5, 5.41) is 3.42. The molecular weight excluding hydrogens is 251 g/mol. The van der Waals surface area contributed by atoms with Crippen molar-refractivity contribution in [2.24, 2.45) is 0 Å². The first kappa shape index (κ1) is 15.3. The quantitative estimate of drug-likeness (QED) is 0.865. The number of halogens is 1. The fraction of sp³-hybridized carbons (Fsp3) is 0.647. The summed E-state index contributed by atoms with van der Waals surface area (Å²) < 4.78 is 14.3. The Morgan fingerprint density at radius 3 is 2.55 bits per heavy atom. The largest absolute Gasteiger partial charge is 0.371 e. The van der Waals surface area contributed by atoms with Crippen LogP contribution in [0, 0.1) is 5.82 Å². The first-order valence-electron chi connectivity index (χ1n) is 8.00. The summed E-state index contributed by atoms with van der Waals surface area (Å²) in [5.41, 5.74) is 1.92. The Morgan fingerprint density at radius 2 is 1.90 bits per heavy atom. The van der Waals surface area contributed by atoms with E-state index in [4.69, 9.17) is 0 Å². The molecule has 3 heteroatoms. The average Bonchev–Trinajstić information content (AvgIpc) is 2.73. The van der Waals surface area contributed by atoms with Crippen molar-refractivity contribution in [1.82, 2.24) is 5.32 Å². The molecule has 1 N–H and O–H groups in total. The summed E-state index contributed by atoms with van der Waals surface area (Å²) in [5.74, 6) is -0.0807. The molecule has 0 bridgehead atoms. The third kappa shape index (κ3) is 3.72. The molecule has 1 saturated heterocycles. The van der Waals surface area contributed by atoms with E-state index in [1.54, 1.807) is 6.07 Å². The molecule has 0 radical (unpaired) electrons. The molecule has 1 fully saturated rings. The monoisotopic (exact) mass is 278 g/mol. The van der Waals surface area contributed by atoms with Crippen LogP contribution < -0.4 is 10.2 Å². The molecule has 0 saturated carbocycles. The second-order valence-electron chi connectivity index (χ2n) is 5.75. The first-order chi connectivity index (χ1) is 9.74. The minimum Gasteiger partial charge on any atom is -0.371 e. The molecule has 2 rings (SSSR count). The first-order valence-corrected chi connectivity index (χ1v) is 8.00. The van der Waals surface area contributed by atoms with Crippen molar-refractivity contribution in [1.29, 1.82) is 0 Å². The van der Waals surface area contributed by atoms with E-state index in [1.807, 2.05) is 6.07 Å². The lowest BCUT2D eigenvalue weighted by Gasteiger charge is -2.28. The zero-order valence-electron chi connectivity index (χ0n) is 12.8. The van der Waals surface area contributed by atoms with Crippen LogP contribution in [0.1, 0.15) is 57.6 Å². The molecule has 1 unspecified atom stereocenters. The summed E-state index contributed by atoms with van der Waals surface area (Å²) in [4.78, 5) is 2.37. The predicted octanol–water partition coefficient (Wildman–Crippen LogP) is 4.27. The molecule has 0 spiro atoms. The van der Waals surface area contributed by atoms with Crippen molar-refractivity contribution >= 4 is 5.69 Å². The smallest absolute Gasteiger partial charge is 0.130 e. The Morgan fingerprint density at radius 1 is 1.20 bits per heavy atom. The third-order valence-electron chi connectivity index (χ3n) is 4.11. The molecule has 1 aliphatic rings. The van der Waals surface area contributed by atoms with Gasteiger partial charge < -0.3 is 10.2 Å². The molecule has 0 aromatic heterocycles. The standard InChI is InChI=1S/C17H27FN2/c1-3-11-19-14(2)17-15(18)9-8-10-16(17)20-12-6-4-5-7-13-20/h8-10,14,19H,3-7,11-13H2,1-2H3. The van der Waals surface area contributed by atoms with Crippen molar-refractivity contribution in [3.63, 3.8) is 0 Å². The van der Waals surface area contributed by atoms with Gasteiger partial charge in [0.2, 0.25) is 0 Å². The van der Waals surface area contributed by atoms with Gasteiger partial charge in [-0.2, -0.15) is 0 Å². The summed E-state index contributed by atoms with van der Waals surface area (Å²) >= 11 is 0. The highest BCUT2D eigenvalue weighted by atomic mass is 19.1. The van der Waals surface area contributed by atoms with Gasteiger partial charge in [-0.1, -0.05) is 25.8 Å². The van der Waals surface area contributed by atoms with Gasteiger partial charge in [-0.05, 0) is 44.9 Å². The van der Waals surface area contributed by atoms with E-state index in [0.717, 1.165) is 37.3 Å². The van der Waals surface area contributed by atoms with E-state index in [1.165, 1.54) is 25.7 Å². The van der Waals surface area contributed by atoms with Crippen molar-refractivity contribution in [2.45, 2.75) is 52.0 Å². The lowest BCUT2D eigenvalue weighted by Crippen LogP contribution is -2.28. The number of anilines is 1. The van der Waals surface area contributed by atoms with E-state index in [2.05, 4.69) is 30.1 Å². The van der Waals surface area contributed by atoms with Crippen LogP contribution in [-0.4, -0.2) is 19.6 Å². The number of nitrogens with zero attached hydrogens (tertiary/aromatic N) is 1. The number of rotatable bonds is 5.